The molecular formula is C16H18F4N2O. The third kappa shape index (κ3) is 3.06. The van der Waals surface area contributed by atoms with Crippen LogP contribution >= 0.6 is 0 Å². The van der Waals surface area contributed by atoms with Crippen molar-refractivity contribution in [1.29, 1.82) is 0 Å². The van der Waals surface area contributed by atoms with Crippen LogP contribution in [0.5, 0.6) is 0 Å². The third-order valence-corrected chi connectivity index (χ3v) is 4.87. The van der Waals surface area contributed by atoms with Gasteiger partial charge < -0.3 is 9.80 Å². The maximum absolute atomic E-state index is 13.3. The lowest BCUT2D eigenvalue weighted by Crippen LogP contribution is -2.33. The molecule has 2 saturated heterocycles. The minimum Gasteiger partial charge on any atom is -0.338 e. The summed E-state index contributed by atoms with van der Waals surface area (Å²) in [5, 5.41) is 0. The lowest BCUT2D eigenvalue weighted by atomic mass is 9.86. The summed E-state index contributed by atoms with van der Waals surface area (Å²) in [6, 6.07) is 2.45. The number of carbonyl (C=O) groups is 1. The first-order chi connectivity index (χ1) is 10.7. The monoisotopic (exact) mass is 330 g/mol. The van der Waals surface area contributed by atoms with Gasteiger partial charge in [0.25, 0.3) is 5.91 Å². The number of rotatable bonds is 1. The van der Waals surface area contributed by atoms with Crippen LogP contribution in [-0.2, 0) is 6.18 Å². The van der Waals surface area contributed by atoms with E-state index in [2.05, 4.69) is 4.90 Å². The molecule has 1 atom stereocenters. The van der Waals surface area contributed by atoms with Gasteiger partial charge in [-0.2, -0.15) is 13.2 Å². The van der Waals surface area contributed by atoms with Gasteiger partial charge in [0.05, 0.1) is 5.56 Å². The van der Waals surface area contributed by atoms with E-state index in [1.165, 1.54) is 0 Å². The highest BCUT2D eigenvalue weighted by atomic mass is 19.4. The van der Waals surface area contributed by atoms with Gasteiger partial charge in [-0.15, -0.1) is 0 Å². The molecule has 0 radical (unpaired) electrons. The minimum absolute atomic E-state index is 0.0529. The maximum Gasteiger partial charge on any atom is 0.419 e. The first-order valence-corrected chi connectivity index (χ1v) is 7.55. The van der Waals surface area contributed by atoms with Crippen LogP contribution in [0, 0.1) is 11.2 Å². The molecule has 2 aliphatic heterocycles. The summed E-state index contributed by atoms with van der Waals surface area (Å²) in [7, 11) is 2.02. The molecule has 0 bridgehead atoms. The Kier molecular flexibility index (Phi) is 3.86. The van der Waals surface area contributed by atoms with Gasteiger partial charge >= 0.3 is 6.18 Å². The first kappa shape index (κ1) is 16.2. The van der Waals surface area contributed by atoms with Crippen LogP contribution in [0.3, 0.4) is 0 Å². The number of likely N-dealkylation sites (tertiary alicyclic amines) is 2. The lowest BCUT2D eigenvalue weighted by Gasteiger charge is -2.24. The molecule has 1 aromatic carbocycles. The van der Waals surface area contributed by atoms with Gasteiger partial charge in [0.15, 0.2) is 0 Å². The molecular weight excluding hydrogens is 312 g/mol. The van der Waals surface area contributed by atoms with E-state index in [9.17, 15) is 22.4 Å². The van der Waals surface area contributed by atoms with Crippen LogP contribution < -0.4 is 0 Å². The Balaban J connectivity index is 1.79. The van der Waals surface area contributed by atoms with Crippen molar-refractivity contribution in [3.63, 3.8) is 0 Å². The Morgan fingerprint density at radius 2 is 1.87 bits per heavy atom. The van der Waals surface area contributed by atoms with Crippen LogP contribution in [0.15, 0.2) is 18.2 Å². The number of amides is 1. The Labute approximate surface area is 131 Å². The van der Waals surface area contributed by atoms with Crippen LogP contribution in [0.25, 0.3) is 0 Å². The van der Waals surface area contributed by atoms with Gasteiger partial charge in [0, 0.05) is 30.6 Å². The highest BCUT2D eigenvalue weighted by Crippen LogP contribution is 2.39. The predicted molar refractivity (Wildman–Crippen MR) is 76.5 cm³/mol. The van der Waals surface area contributed by atoms with Gasteiger partial charge in [-0.1, -0.05) is 0 Å². The fraction of sp³-hybridized carbons (Fsp3) is 0.562. The van der Waals surface area contributed by atoms with E-state index in [0.29, 0.717) is 25.2 Å². The molecule has 2 fully saturated rings. The van der Waals surface area contributed by atoms with Crippen molar-refractivity contribution in [3.8, 4) is 0 Å². The van der Waals surface area contributed by atoms with Gasteiger partial charge in [-0.25, -0.2) is 4.39 Å². The number of halogens is 4. The average Bonchev–Trinajstić information content (AvgIpc) is 3.04. The molecule has 1 aromatic rings. The third-order valence-electron chi connectivity index (χ3n) is 4.87. The van der Waals surface area contributed by atoms with Crippen molar-refractivity contribution in [2.75, 3.05) is 33.2 Å². The van der Waals surface area contributed by atoms with Gasteiger partial charge in [0.1, 0.15) is 5.82 Å². The van der Waals surface area contributed by atoms with Crippen molar-refractivity contribution < 1.29 is 22.4 Å². The molecule has 2 heterocycles. The molecule has 3 nitrogen and oxygen atoms in total. The van der Waals surface area contributed by atoms with Crippen LogP contribution in [-0.4, -0.2) is 48.9 Å². The summed E-state index contributed by atoms with van der Waals surface area (Å²) in [4.78, 5) is 16.3. The van der Waals surface area contributed by atoms with Crippen molar-refractivity contribution in [2.24, 2.45) is 5.41 Å². The van der Waals surface area contributed by atoms with Gasteiger partial charge in [0.2, 0.25) is 0 Å². The second-order valence-corrected chi connectivity index (χ2v) is 6.66. The predicted octanol–water partition coefficient (Wildman–Crippen LogP) is 3.01. The van der Waals surface area contributed by atoms with E-state index >= 15 is 0 Å². The summed E-state index contributed by atoms with van der Waals surface area (Å²) in [6.45, 7) is 2.95. The zero-order valence-corrected chi connectivity index (χ0v) is 12.8. The highest BCUT2D eigenvalue weighted by Gasteiger charge is 2.44. The Hall–Kier alpha value is -1.63. The summed E-state index contributed by atoms with van der Waals surface area (Å²) in [5.41, 5.74) is -1.45. The van der Waals surface area contributed by atoms with Crippen LogP contribution in [0.2, 0.25) is 0 Å². The number of hydrogen-bond acceptors (Lipinski definition) is 2. The summed E-state index contributed by atoms with van der Waals surface area (Å²) in [6.07, 6.45) is -2.96. The molecule has 1 spiro atoms. The molecule has 3 rings (SSSR count). The van der Waals surface area contributed by atoms with Crippen molar-refractivity contribution in [1.82, 2.24) is 9.80 Å². The fourth-order valence-corrected chi connectivity index (χ4v) is 3.66. The fourth-order valence-electron chi connectivity index (χ4n) is 3.66. The van der Waals surface area contributed by atoms with E-state index in [-0.39, 0.29) is 11.0 Å². The van der Waals surface area contributed by atoms with E-state index in [0.717, 1.165) is 32.0 Å². The zero-order chi connectivity index (χ0) is 16.8. The first-order valence-electron chi connectivity index (χ1n) is 7.55. The molecule has 1 amide bonds. The molecule has 0 unspecified atom stereocenters. The normalized spacial score (nSPS) is 25.5. The van der Waals surface area contributed by atoms with Crippen LogP contribution in [0.4, 0.5) is 17.6 Å². The molecule has 0 N–H and O–H groups in total. The molecule has 2 aliphatic rings. The van der Waals surface area contributed by atoms with E-state index in [1.807, 2.05) is 7.05 Å². The highest BCUT2D eigenvalue weighted by molar-refractivity contribution is 5.94. The zero-order valence-electron chi connectivity index (χ0n) is 12.8. The van der Waals surface area contributed by atoms with E-state index in [4.69, 9.17) is 0 Å². The Morgan fingerprint density at radius 3 is 2.48 bits per heavy atom. The number of alkyl halides is 3. The smallest absolute Gasteiger partial charge is 0.338 e. The van der Waals surface area contributed by atoms with Gasteiger partial charge in [-0.3, -0.25) is 4.79 Å². The molecule has 0 aromatic heterocycles. The minimum atomic E-state index is -4.80. The largest absolute Gasteiger partial charge is 0.419 e. The van der Waals surface area contributed by atoms with Crippen molar-refractivity contribution in [3.05, 3.63) is 35.1 Å². The van der Waals surface area contributed by atoms with Gasteiger partial charge in [-0.05, 0) is 44.6 Å². The molecule has 126 valence electrons. The molecule has 0 aliphatic carbocycles. The topological polar surface area (TPSA) is 23.6 Å². The van der Waals surface area contributed by atoms with Crippen LogP contribution in [0.1, 0.15) is 28.8 Å². The number of hydrogen-bond donors (Lipinski definition) is 0. The Morgan fingerprint density at radius 1 is 1.17 bits per heavy atom. The summed E-state index contributed by atoms with van der Waals surface area (Å²) < 4.78 is 51.7. The van der Waals surface area contributed by atoms with Crippen molar-refractivity contribution in [2.45, 2.75) is 19.0 Å². The second kappa shape index (κ2) is 5.47. The molecule has 0 saturated carbocycles. The summed E-state index contributed by atoms with van der Waals surface area (Å²) >= 11 is 0. The number of nitrogens with zero attached hydrogens (tertiary/aromatic N) is 2. The summed E-state index contributed by atoms with van der Waals surface area (Å²) in [5.74, 6) is -1.81. The van der Waals surface area contributed by atoms with Crippen molar-refractivity contribution >= 4 is 5.91 Å². The number of benzene rings is 1. The molecule has 23 heavy (non-hydrogen) atoms. The quantitative estimate of drug-likeness (QED) is 0.739. The van der Waals surface area contributed by atoms with E-state index in [1.54, 1.807) is 4.90 Å². The standard InChI is InChI=1S/C16H18F4N2O/c1-21-6-4-15(9-21)5-7-22(10-15)14(23)11-2-3-13(17)12(8-11)16(18,19)20/h2-3,8H,4-7,9-10H2,1H3/t15-/m1/s1. The maximum atomic E-state index is 13.3. The molecule has 7 heteroatoms. The average molecular weight is 330 g/mol. The second-order valence-electron chi connectivity index (χ2n) is 6.66. The Bertz CT molecular complexity index is 631. The number of carbonyl (C=O) groups excluding carboxylic acids is 1. The lowest BCUT2D eigenvalue weighted by molar-refractivity contribution is -0.140. The van der Waals surface area contributed by atoms with E-state index < -0.39 is 23.5 Å². The SMILES string of the molecule is CN1CC[C@@]2(CCN(C(=O)c3ccc(F)c(C(F)(F)F)c3)C2)C1.